The van der Waals surface area contributed by atoms with Gasteiger partial charge in [-0.2, -0.15) is 0 Å². The molecule has 0 radical (unpaired) electrons. The number of hydroxylamine groups is 1. The number of aliphatic hydroxyl groups is 1. The average Bonchev–Trinajstić information content (AvgIpc) is 2.69. The van der Waals surface area contributed by atoms with Gasteiger partial charge in [0, 0.05) is 24.8 Å². The van der Waals surface area contributed by atoms with Gasteiger partial charge in [0.05, 0.1) is 11.5 Å². The minimum Gasteiger partial charge on any atom is -0.396 e. The van der Waals surface area contributed by atoms with E-state index >= 15 is 0 Å². The topological polar surface area (TPSA) is 142 Å². The molecule has 1 atom stereocenters. The van der Waals surface area contributed by atoms with Crippen LogP contribution in [0, 0.1) is 11.8 Å². The molecule has 1 unspecified atom stereocenters. The number of carbonyl (C=O) groups excluding carboxylic acids is 2. The lowest BCUT2D eigenvalue weighted by Crippen LogP contribution is -2.71. The Labute approximate surface area is 168 Å². The first-order chi connectivity index (χ1) is 13.8. The van der Waals surface area contributed by atoms with Crippen LogP contribution in [0.1, 0.15) is 22.3 Å². The summed E-state index contributed by atoms with van der Waals surface area (Å²) in [5.41, 5.74) is 0.854. The number of carbonyl (C=O) groups is 2. The predicted octanol–water partition coefficient (Wildman–Crippen LogP) is -0.606. The van der Waals surface area contributed by atoms with E-state index < -0.39 is 44.8 Å². The van der Waals surface area contributed by atoms with E-state index in [9.17, 15) is 18.0 Å². The van der Waals surface area contributed by atoms with E-state index in [-0.39, 0.29) is 12.2 Å². The van der Waals surface area contributed by atoms with E-state index in [0.717, 1.165) is 0 Å². The zero-order valence-corrected chi connectivity index (χ0v) is 16.5. The van der Waals surface area contributed by atoms with Crippen LogP contribution in [0.5, 0.6) is 0 Å². The third-order valence-corrected chi connectivity index (χ3v) is 6.23. The molecule has 1 saturated heterocycles. The van der Waals surface area contributed by atoms with E-state index in [2.05, 4.69) is 17.2 Å². The number of methoxy groups -OCH3 is 1. The van der Waals surface area contributed by atoms with Gasteiger partial charge in [-0.3, -0.25) is 14.8 Å². The number of rotatable bonds is 7. The number of amides is 2. The van der Waals surface area contributed by atoms with E-state index in [4.69, 9.17) is 15.1 Å². The molecule has 1 aromatic carbocycles. The first-order valence-corrected chi connectivity index (χ1v) is 10.5. The molecule has 10 heteroatoms. The lowest BCUT2D eigenvalue weighted by Gasteiger charge is -2.44. The molecule has 2 rings (SSSR count). The van der Waals surface area contributed by atoms with Crippen LogP contribution in [0.25, 0.3) is 0 Å². The van der Waals surface area contributed by atoms with Crippen LogP contribution in [-0.2, 0) is 19.4 Å². The van der Waals surface area contributed by atoms with Crippen LogP contribution in [0.4, 0.5) is 0 Å². The predicted molar refractivity (Wildman–Crippen MR) is 104 cm³/mol. The van der Waals surface area contributed by atoms with Crippen molar-refractivity contribution in [2.24, 2.45) is 0 Å². The summed E-state index contributed by atoms with van der Waals surface area (Å²) in [5.74, 6) is 3.14. The molecule has 1 fully saturated rings. The van der Waals surface area contributed by atoms with Crippen LogP contribution in [0.15, 0.2) is 36.4 Å². The SMILES string of the molecule is COC1(C(NC(=O)c2ccc(C#C/C=C\CCO)cc2)C(=O)NO)CS(=O)(=O)C1. The highest BCUT2D eigenvalue weighted by Crippen LogP contribution is 2.31. The number of sulfone groups is 1. The third kappa shape index (κ3) is 5.65. The summed E-state index contributed by atoms with van der Waals surface area (Å²) in [6, 6.07) is 4.83. The molecule has 0 bridgehead atoms. The molecule has 156 valence electrons. The minimum atomic E-state index is -3.38. The maximum absolute atomic E-state index is 12.5. The minimum absolute atomic E-state index is 0.0492. The van der Waals surface area contributed by atoms with Gasteiger partial charge < -0.3 is 15.2 Å². The van der Waals surface area contributed by atoms with E-state index in [1.165, 1.54) is 24.7 Å². The smallest absolute Gasteiger partial charge is 0.268 e. The van der Waals surface area contributed by atoms with Crippen LogP contribution in [0.3, 0.4) is 0 Å². The molecular formula is C19H22N2O7S. The number of benzene rings is 1. The van der Waals surface area contributed by atoms with Crippen molar-refractivity contribution in [2.75, 3.05) is 25.2 Å². The highest BCUT2D eigenvalue weighted by atomic mass is 32.2. The number of ether oxygens (including phenoxy) is 1. The van der Waals surface area contributed by atoms with Crippen LogP contribution in [-0.4, -0.2) is 67.4 Å². The Balaban J connectivity index is 2.12. The summed E-state index contributed by atoms with van der Waals surface area (Å²) in [5, 5.41) is 20.1. The molecule has 0 saturated carbocycles. The van der Waals surface area contributed by atoms with E-state index in [1.807, 2.05) is 0 Å². The number of hydrogen-bond donors (Lipinski definition) is 4. The molecule has 1 aromatic rings. The van der Waals surface area contributed by atoms with Crippen molar-refractivity contribution < 1.29 is 33.1 Å². The van der Waals surface area contributed by atoms with Gasteiger partial charge in [-0.25, -0.2) is 13.9 Å². The number of allylic oxidation sites excluding steroid dienone is 1. The second-order valence-electron chi connectivity index (χ2n) is 6.45. The van der Waals surface area contributed by atoms with Crippen molar-refractivity contribution in [3.8, 4) is 11.8 Å². The maximum atomic E-state index is 12.5. The Morgan fingerprint density at radius 3 is 2.48 bits per heavy atom. The Morgan fingerprint density at radius 2 is 1.97 bits per heavy atom. The zero-order chi connectivity index (χ0) is 21.5. The highest BCUT2D eigenvalue weighted by molar-refractivity contribution is 7.93. The fraction of sp³-hybridized carbons (Fsp3) is 0.368. The van der Waals surface area contributed by atoms with Gasteiger partial charge in [0.15, 0.2) is 9.84 Å². The molecular weight excluding hydrogens is 400 g/mol. The summed E-state index contributed by atoms with van der Waals surface area (Å²) in [7, 11) is -2.14. The molecule has 0 aliphatic carbocycles. The van der Waals surface area contributed by atoms with E-state index in [0.29, 0.717) is 12.0 Å². The van der Waals surface area contributed by atoms with Crippen molar-refractivity contribution in [1.29, 1.82) is 0 Å². The van der Waals surface area contributed by atoms with Crippen LogP contribution < -0.4 is 10.8 Å². The van der Waals surface area contributed by atoms with Crippen molar-refractivity contribution >= 4 is 21.7 Å². The lowest BCUT2D eigenvalue weighted by atomic mass is 9.95. The Kier molecular flexibility index (Phi) is 7.53. The summed E-state index contributed by atoms with van der Waals surface area (Å²) >= 11 is 0. The molecule has 4 N–H and O–H groups in total. The van der Waals surface area contributed by atoms with Gasteiger partial charge in [0.1, 0.15) is 11.6 Å². The second kappa shape index (κ2) is 9.67. The number of hydrogen-bond acceptors (Lipinski definition) is 7. The zero-order valence-electron chi connectivity index (χ0n) is 15.7. The van der Waals surface area contributed by atoms with Crippen molar-refractivity contribution in [3.05, 3.63) is 47.5 Å². The summed E-state index contributed by atoms with van der Waals surface area (Å²) in [4.78, 5) is 24.6. The summed E-state index contributed by atoms with van der Waals surface area (Å²) < 4.78 is 28.4. The molecule has 9 nitrogen and oxygen atoms in total. The standard InChI is InChI=1S/C19H22N2O7S/c1-28-19(12-29(26,27)13-19)16(18(24)21-25)20-17(23)15-9-7-14(8-10-15)6-4-2-3-5-11-22/h2-3,7-10,16,22,25H,5,11-13H2,1H3,(H,20,23)(H,21,24)/b3-2-. The van der Waals surface area contributed by atoms with Gasteiger partial charge >= 0.3 is 0 Å². The first kappa shape index (κ1) is 22.6. The quantitative estimate of drug-likeness (QED) is 0.261. The molecule has 0 aromatic heterocycles. The first-order valence-electron chi connectivity index (χ1n) is 8.65. The summed E-state index contributed by atoms with van der Waals surface area (Å²) in [6.45, 7) is 0.0492. The maximum Gasteiger partial charge on any atom is 0.268 e. The lowest BCUT2D eigenvalue weighted by molar-refractivity contribution is -0.138. The Hall–Kier alpha value is -2.71. The van der Waals surface area contributed by atoms with Crippen molar-refractivity contribution in [3.63, 3.8) is 0 Å². The Bertz CT molecular complexity index is 931. The van der Waals surface area contributed by atoms with Crippen LogP contribution >= 0.6 is 0 Å². The molecule has 1 aliphatic heterocycles. The van der Waals surface area contributed by atoms with Gasteiger partial charge in [-0.15, -0.1) is 0 Å². The van der Waals surface area contributed by atoms with Crippen LogP contribution in [0.2, 0.25) is 0 Å². The van der Waals surface area contributed by atoms with Crippen molar-refractivity contribution in [2.45, 2.75) is 18.1 Å². The second-order valence-corrected chi connectivity index (χ2v) is 8.51. The third-order valence-electron chi connectivity index (χ3n) is 4.37. The van der Waals surface area contributed by atoms with Gasteiger partial charge in [-0.05, 0) is 36.8 Å². The van der Waals surface area contributed by atoms with Gasteiger partial charge in [-0.1, -0.05) is 17.9 Å². The molecule has 2 amide bonds. The molecule has 1 heterocycles. The number of aliphatic hydroxyl groups excluding tert-OH is 1. The van der Waals surface area contributed by atoms with E-state index in [1.54, 1.807) is 24.3 Å². The van der Waals surface area contributed by atoms with Gasteiger partial charge in [0.2, 0.25) is 0 Å². The molecule has 29 heavy (non-hydrogen) atoms. The molecule has 1 aliphatic rings. The molecule has 0 spiro atoms. The fourth-order valence-corrected chi connectivity index (χ4v) is 4.84. The largest absolute Gasteiger partial charge is 0.396 e. The average molecular weight is 422 g/mol. The fourth-order valence-electron chi connectivity index (χ4n) is 2.87. The normalized spacial score (nSPS) is 17.5. The van der Waals surface area contributed by atoms with Crippen molar-refractivity contribution in [1.82, 2.24) is 10.8 Å². The summed E-state index contributed by atoms with van der Waals surface area (Å²) in [6.07, 6.45) is 3.86. The van der Waals surface area contributed by atoms with Gasteiger partial charge in [0.25, 0.3) is 11.8 Å². The Morgan fingerprint density at radius 1 is 1.31 bits per heavy atom. The monoisotopic (exact) mass is 422 g/mol. The number of nitrogens with one attached hydrogen (secondary N) is 2. The highest BCUT2D eigenvalue weighted by Gasteiger charge is 2.57.